The van der Waals surface area contributed by atoms with Crippen molar-refractivity contribution < 1.29 is 13.7 Å². The maximum atomic E-state index is 12.2. The molecule has 0 fully saturated rings. The van der Waals surface area contributed by atoms with Crippen LogP contribution in [0, 0.1) is 13.8 Å². The van der Waals surface area contributed by atoms with Gasteiger partial charge in [0.2, 0.25) is 5.91 Å². The van der Waals surface area contributed by atoms with Crippen LogP contribution >= 0.6 is 11.3 Å². The van der Waals surface area contributed by atoms with E-state index in [9.17, 15) is 4.79 Å². The molecule has 0 unspecified atom stereocenters. The van der Waals surface area contributed by atoms with E-state index in [4.69, 9.17) is 8.94 Å². The molecule has 0 atom stereocenters. The summed E-state index contributed by atoms with van der Waals surface area (Å²) in [5, 5.41) is 16.1. The van der Waals surface area contributed by atoms with Gasteiger partial charge in [0.25, 0.3) is 5.89 Å². The zero-order chi connectivity index (χ0) is 17.4. The van der Waals surface area contributed by atoms with Gasteiger partial charge in [0, 0.05) is 5.39 Å². The Morgan fingerprint density at radius 1 is 1.24 bits per heavy atom. The Bertz CT molecular complexity index is 1060. The van der Waals surface area contributed by atoms with E-state index in [1.807, 2.05) is 32.0 Å². The number of carbonyl (C=O) groups excluding carboxylic acids is 1. The van der Waals surface area contributed by atoms with Crippen molar-refractivity contribution in [2.75, 3.05) is 5.32 Å². The summed E-state index contributed by atoms with van der Waals surface area (Å²) in [5.41, 5.74) is 2.02. The molecule has 1 amide bonds. The van der Waals surface area contributed by atoms with Crippen LogP contribution in [0.5, 0.6) is 0 Å². The first-order valence-electron chi connectivity index (χ1n) is 7.51. The van der Waals surface area contributed by atoms with Crippen molar-refractivity contribution in [3.05, 3.63) is 40.7 Å². The molecule has 0 aliphatic heterocycles. The van der Waals surface area contributed by atoms with Crippen LogP contribution in [-0.2, 0) is 11.2 Å². The summed E-state index contributed by atoms with van der Waals surface area (Å²) in [6.07, 6.45) is 0.0490. The van der Waals surface area contributed by atoms with Gasteiger partial charge in [0.1, 0.15) is 10.6 Å². The van der Waals surface area contributed by atoms with Crippen molar-refractivity contribution in [3.63, 3.8) is 0 Å². The molecule has 0 saturated carbocycles. The van der Waals surface area contributed by atoms with E-state index in [-0.39, 0.29) is 18.3 Å². The molecule has 3 heterocycles. The predicted molar refractivity (Wildman–Crippen MR) is 91.2 cm³/mol. The fraction of sp³-hybridized carbons (Fsp3) is 0.188. The summed E-state index contributed by atoms with van der Waals surface area (Å²) in [6.45, 7) is 3.78. The molecule has 8 nitrogen and oxygen atoms in total. The maximum absolute atomic E-state index is 12.2. The monoisotopic (exact) mass is 355 g/mol. The topological polar surface area (TPSA) is 107 Å². The highest BCUT2D eigenvalue weighted by molar-refractivity contribution is 7.15. The van der Waals surface area contributed by atoms with E-state index in [1.165, 1.54) is 11.3 Å². The SMILES string of the molecule is Cc1nc(C)c(-c2nnc(NC(=O)Cc3noc4ccccc34)o2)s1. The average Bonchev–Trinajstić information content (AvgIpc) is 3.27. The summed E-state index contributed by atoms with van der Waals surface area (Å²) in [4.78, 5) is 17.3. The van der Waals surface area contributed by atoms with Crippen molar-refractivity contribution in [3.8, 4) is 10.8 Å². The molecule has 0 aliphatic carbocycles. The minimum atomic E-state index is -0.313. The number of hydrogen-bond acceptors (Lipinski definition) is 8. The number of rotatable bonds is 4. The van der Waals surface area contributed by atoms with Crippen molar-refractivity contribution >= 4 is 34.2 Å². The standard InChI is InChI=1S/C16H13N5O3S/c1-8-14(25-9(2)17-8)15-19-20-16(23-15)18-13(22)7-11-10-5-3-4-6-12(10)24-21-11/h3-6H,7H2,1-2H3,(H,18,20,22). The number of amides is 1. The Morgan fingerprint density at radius 2 is 2.08 bits per heavy atom. The van der Waals surface area contributed by atoms with Crippen molar-refractivity contribution in [2.24, 2.45) is 0 Å². The number of fused-ring (bicyclic) bond motifs is 1. The van der Waals surface area contributed by atoms with Gasteiger partial charge in [-0.2, -0.15) is 0 Å². The highest BCUT2D eigenvalue weighted by Crippen LogP contribution is 2.29. The van der Waals surface area contributed by atoms with Crippen LogP contribution in [0.25, 0.3) is 21.7 Å². The normalized spacial score (nSPS) is 11.1. The number of nitrogens with one attached hydrogen (secondary N) is 1. The lowest BCUT2D eigenvalue weighted by molar-refractivity contribution is -0.115. The largest absolute Gasteiger partial charge is 0.402 e. The first kappa shape index (κ1) is 15.5. The molecule has 4 aromatic rings. The quantitative estimate of drug-likeness (QED) is 0.599. The van der Waals surface area contributed by atoms with Crippen LogP contribution in [0.4, 0.5) is 6.01 Å². The highest BCUT2D eigenvalue weighted by Gasteiger charge is 2.17. The fourth-order valence-corrected chi connectivity index (χ4v) is 3.32. The van der Waals surface area contributed by atoms with Gasteiger partial charge >= 0.3 is 6.01 Å². The Morgan fingerprint density at radius 3 is 2.88 bits per heavy atom. The first-order valence-corrected chi connectivity index (χ1v) is 8.33. The van der Waals surface area contributed by atoms with E-state index < -0.39 is 0 Å². The number of nitrogens with zero attached hydrogens (tertiary/aromatic N) is 4. The molecule has 0 bridgehead atoms. The summed E-state index contributed by atoms with van der Waals surface area (Å²) in [7, 11) is 0. The average molecular weight is 355 g/mol. The van der Waals surface area contributed by atoms with Crippen LogP contribution in [0.3, 0.4) is 0 Å². The molecule has 1 N–H and O–H groups in total. The van der Waals surface area contributed by atoms with E-state index in [2.05, 4.69) is 25.7 Å². The van der Waals surface area contributed by atoms with Gasteiger partial charge in [-0.3, -0.25) is 10.1 Å². The van der Waals surface area contributed by atoms with Gasteiger partial charge in [-0.15, -0.1) is 16.4 Å². The summed E-state index contributed by atoms with van der Waals surface area (Å²) in [6, 6.07) is 7.41. The second kappa shape index (κ2) is 6.10. The lowest BCUT2D eigenvalue weighted by atomic mass is 10.2. The van der Waals surface area contributed by atoms with Gasteiger partial charge in [0.05, 0.1) is 17.1 Å². The molecular weight excluding hydrogens is 342 g/mol. The van der Waals surface area contributed by atoms with Crippen molar-refractivity contribution in [2.45, 2.75) is 20.3 Å². The Balaban J connectivity index is 1.49. The number of benzene rings is 1. The smallest absolute Gasteiger partial charge is 0.322 e. The first-order chi connectivity index (χ1) is 12.1. The Labute approximate surface area is 145 Å². The van der Waals surface area contributed by atoms with Crippen molar-refractivity contribution in [1.82, 2.24) is 20.3 Å². The molecule has 9 heteroatoms. The Kier molecular flexibility index (Phi) is 3.77. The van der Waals surface area contributed by atoms with Crippen molar-refractivity contribution in [1.29, 1.82) is 0 Å². The van der Waals surface area contributed by atoms with E-state index >= 15 is 0 Å². The van der Waals surface area contributed by atoms with Gasteiger partial charge < -0.3 is 8.94 Å². The minimum Gasteiger partial charge on any atom is -0.402 e. The van der Waals surface area contributed by atoms with Crippen LogP contribution < -0.4 is 5.32 Å². The van der Waals surface area contributed by atoms with Gasteiger partial charge in [-0.1, -0.05) is 22.4 Å². The molecule has 0 spiro atoms. The highest BCUT2D eigenvalue weighted by atomic mass is 32.1. The number of hydrogen-bond donors (Lipinski definition) is 1. The molecule has 0 saturated heterocycles. The molecule has 3 aromatic heterocycles. The van der Waals surface area contributed by atoms with E-state index in [0.29, 0.717) is 17.2 Å². The maximum Gasteiger partial charge on any atom is 0.322 e. The lowest BCUT2D eigenvalue weighted by Gasteiger charge is -1.97. The summed E-state index contributed by atoms with van der Waals surface area (Å²) < 4.78 is 10.7. The third-order valence-electron chi connectivity index (χ3n) is 3.55. The third-order valence-corrected chi connectivity index (χ3v) is 4.61. The van der Waals surface area contributed by atoms with Gasteiger partial charge in [-0.25, -0.2) is 4.98 Å². The summed E-state index contributed by atoms with van der Waals surface area (Å²) in [5.74, 6) is 0.0248. The minimum absolute atomic E-state index is 0.0400. The number of para-hydroxylation sites is 1. The zero-order valence-electron chi connectivity index (χ0n) is 13.4. The molecular formula is C16H13N5O3S. The number of aryl methyl sites for hydroxylation is 2. The number of thiazole rings is 1. The molecule has 0 aliphatic rings. The van der Waals surface area contributed by atoms with Crippen LogP contribution in [0.2, 0.25) is 0 Å². The third kappa shape index (κ3) is 3.01. The number of carbonyl (C=O) groups is 1. The summed E-state index contributed by atoms with van der Waals surface area (Å²) >= 11 is 1.46. The predicted octanol–water partition coefficient (Wildman–Crippen LogP) is 3.13. The fourth-order valence-electron chi connectivity index (χ4n) is 2.48. The second-order valence-corrected chi connectivity index (χ2v) is 6.61. The second-order valence-electron chi connectivity index (χ2n) is 5.41. The van der Waals surface area contributed by atoms with E-state index in [1.54, 1.807) is 6.07 Å². The van der Waals surface area contributed by atoms with Crippen LogP contribution in [-0.4, -0.2) is 26.2 Å². The Hall–Kier alpha value is -3.07. The zero-order valence-corrected chi connectivity index (χ0v) is 14.3. The molecule has 25 heavy (non-hydrogen) atoms. The molecule has 1 aromatic carbocycles. The van der Waals surface area contributed by atoms with Crippen LogP contribution in [0.1, 0.15) is 16.4 Å². The molecule has 0 radical (unpaired) electrons. The van der Waals surface area contributed by atoms with Gasteiger partial charge in [0.15, 0.2) is 5.58 Å². The van der Waals surface area contributed by atoms with Gasteiger partial charge in [-0.05, 0) is 26.0 Å². The number of aromatic nitrogens is 4. The molecule has 4 rings (SSSR count). The number of anilines is 1. The molecule has 126 valence electrons. The van der Waals surface area contributed by atoms with Crippen LogP contribution in [0.15, 0.2) is 33.2 Å². The van der Waals surface area contributed by atoms with E-state index in [0.717, 1.165) is 21.0 Å². The lowest BCUT2D eigenvalue weighted by Crippen LogP contribution is -2.15.